The summed E-state index contributed by atoms with van der Waals surface area (Å²) in [6.07, 6.45) is 2.21. The predicted octanol–water partition coefficient (Wildman–Crippen LogP) is 1.99. The molecule has 0 aromatic heterocycles. The normalized spacial score (nSPS) is 12.4. The summed E-state index contributed by atoms with van der Waals surface area (Å²) in [6.45, 7) is -0.187. The van der Waals surface area contributed by atoms with Gasteiger partial charge in [0.1, 0.15) is 6.61 Å². The van der Waals surface area contributed by atoms with Crippen LogP contribution >= 0.6 is 0 Å². The minimum absolute atomic E-state index is 0.185. The molecular weight excluding hydrogens is 394 g/mol. The molecule has 29 heavy (non-hydrogen) atoms. The van der Waals surface area contributed by atoms with Gasteiger partial charge >= 0.3 is 11.9 Å². The van der Waals surface area contributed by atoms with Crippen molar-refractivity contribution in [2.45, 2.75) is 18.2 Å². The van der Waals surface area contributed by atoms with E-state index >= 15 is 0 Å². The third kappa shape index (κ3) is 8.71. The zero-order chi connectivity index (χ0) is 21.1. The highest BCUT2D eigenvalue weighted by molar-refractivity contribution is 7.88. The van der Waals surface area contributed by atoms with Gasteiger partial charge in [-0.25, -0.2) is 22.7 Å². The van der Waals surface area contributed by atoms with Crippen molar-refractivity contribution < 1.29 is 27.5 Å². The smallest absolute Gasteiger partial charge is 0.331 e. The second-order valence-electron chi connectivity index (χ2n) is 6.24. The highest BCUT2D eigenvalue weighted by Gasteiger charge is 2.20. The van der Waals surface area contributed by atoms with Gasteiger partial charge in [-0.1, -0.05) is 60.7 Å². The average Bonchev–Trinajstić information content (AvgIpc) is 2.71. The van der Waals surface area contributed by atoms with E-state index in [9.17, 15) is 18.0 Å². The van der Waals surface area contributed by atoms with Gasteiger partial charge in [-0.15, -0.1) is 0 Å². The Morgan fingerprint density at radius 2 is 1.48 bits per heavy atom. The number of carbonyl (C=O) groups excluding carboxylic acids is 2. The summed E-state index contributed by atoms with van der Waals surface area (Å²) in [5, 5.41) is 0. The third-order valence-corrected chi connectivity index (χ3v) is 5.26. The molecule has 0 heterocycles. The summed E-state index contributed by atoms with van der Waals surface area (Å²) in [7, 11) is -2.48. The van der Waals surface area contributed by atoms with Crippen molar-refractivity contribution in [2.24, 2.45) is 0 Å². The molecule has 0 aliphatic carbocycles. The fourth-order valence-electron chi connectivity index (χ4n) is 2.56. The standard InChI is InChI=1S/C21H23NO6S/c1-27-20(23)12-13-21(24)28-15-19(14-17-8-4-2-5-9-17)22-29(25,26)16-18-10-6-3-7-11-18/h2-13,19,22H,14-16H2,1H3/b13-12+. The summed E-state index contributed by atoms with van der Waals surface area (Å²) in [6, 6.07) is 17.4. The summed E-state index contributed by atoms with van der Waals surface area (Å²) in [5.41, 5.74) is 1.54. The fourth-order valence-corrected chi connectivity index (χ4v) is 3.93. The van der Waals surface area contributed by atoms with Crippen LogP contribution in [0.3, 0.4) is 0 Å². The predicted molar refractivity (Wildman–Crippen MR) is 108 cm³/mol. The molecule has 2 aromatic carbocycles. The largest absolute Gasteiger partial charge is 0.466 e. The molecule has 1 N–H and O–H groups in total. The van der Waals surface area contributed by atoms with Crippen LogP contribution in [0.15, 0.2) is 72.8 Å². The van der Waals surface area contributed by atoms with Gasteiger partial charge in [-0.05, 0) is 17.5 Å². The average molecular weight is 417 g/mol. The van der Waals surface area contributed by atoms with E-state index in [1.807, 2.05) is 36.4 Å². The highest BCUT2D eigenvalue weighted by atomic mass is 32.2. The van der Waals surface area contributed by atoms with Crippen LogP contribution in [0.25, 0.3) is 0 Å². The molecule has 0 aliphatic rings. The zero-order valence-corrected chi connectivity index (χ0v) is 16.8. The Labute approximate surface area is 170 Å². The van der Waals surface area contributed by atoms with E-state index in [0.29, 0.717) is 12.0 Å². The monoisotopic (exact) mass is 417 g/mol. The highest BCUT2D eigenvalue weighted by Crippen LogP contribution is 2.09. The van der Waals surface area contributed by atoms with Crippen molar-refractivity contribution in [1.82, 2.24) is 4.72 Å². The Bertz CT molecular complexity index is 926. The molecule has 1 unspecified atom stereocenters. The molecule has 0 saturated heterocycles. The molecule has 0 radical (unpaired) electrons. The molecule has 0 aliphatic heterocycles. The van der Waals surface area contributed by atoms with Crippen molar-refractivity contribution in [1.29, 1.82) is 0 Å². The lowest BCUT2D eigenvalue weighted by molar-refractivity contribution is -0.139. The van der Waals surface area contributed by atoms with E-state index in [-0.39, 0.29) is 12.4 Å². The first-order chi connectivity index (χ1) is 13.9. The maximum absolute atomic E-state index is 12.6. The minimum atomic E-state index is -3.66. The van der Waals surface area contributed by atoms with E-state index in [1.54, 1.807) is 24.3 Å². The number of carbonyl (C=O) groups is 2. The van der Waals surface area contributed by atoms with E-state index in [0.717, 1.165) is 17.7 Å². The fraction of sp³-hybridized carbons (Fsp3) is 0.238. The van der Waals surface area contributed by atoms with Gasteiger partial charge in [0.15, 0.2) is 0 Å². The molecule has 7 nitrogen and oxygen atoms in total. The number of hydrogen-bond acceptors (Lipinski definition) is 6. The van der Waals surface area contributed by atoms with Crippen molar-refractivity contribution in [2.75, 3.05) is 13.7 Å². The van der Waals surface area contributed by atoms with Crippen LogP contribution < -0.4 is 4.72 Å². The van der Waals surface area contributed by atoms with Crippen LogP contribution in [0.5, 0.6) is 0 Å². The van der Waals surface area contributed by atoms with Gasteiger partial charge < -0.3 is 9.47 Å². The van der Waals surface area contributed by atoms with E-state index in [2.05, 4.69) is 9.46 Å². The van der Waals surface area contributed by atoms with E-state index in [4.69, 9.17) is 4.74 Å². The second kappa shape index (κ2) is 11.1. The first-order valence-corrected chi connectivity index (χ1v) is 10.5. The number of rotatable bonds is 10. The van der Waals surface area contributed by atoms with Gasteiger partial charge in [-0.2, -0.15) is 0 Å². The maximum atomic E-state index is 12.6. The van der Waals surface area contributed by atoms with Crippen molar-refractivity contribution in [3.8, 4) is 0 Å². The first-order valence-electron chi connectivity index (χ1n) is 8.88. The van der Waals surface area contributed by atoms with Crippen molar-refractivity contribution >= 4 is 22.0 Å². The van der Waals surface area contributed by atoms with Gasteiger partial charge in [0.25, 0.3) is 0 Å². The minimum Gasteiger partial charge on any atom is -0.466 e. The summed E-state index contributed by atoms with van der Waals surface area (Å²) < 4.78 is 37.3. The topological polar surface area (TPSA) is 98.8 Å². The Balaban J connectivity index is 2.05. The molecule has 2 aromatic rings. The number of esters is 2. The SMILES string of the molecule is COC(=O)/C=C/C(=O)OCC(Cc1ccccc1)NS(=O)(=O)Cc1ccccc1. The van der Waals surface area contributed by atoms with Gasteiger partial charge in [0.2, 0.25) is 10.0 Å². The van der Waals surface area contributed by atoms with E-state index in [1.165, 1.54) is 7.11 Å². The molecule has 8 heteroatoms. The molecule has 0 spiro atoms. The van der Waals surface area contributed by atoms with Crippen LogP contribution in [0.2, 0.25) is 0 Å². The van der Waals surface area contributed by atoms with Crippen LogP contribution in [-0.2, 0) is 41.3 Å². The Morgan fingerprint density at radius 1 is 0.931 bits per heavy atom. The molecule has 154 valence electrons. The molecule has 0 saturated carbocycles. The first kappa shape index (κ1) is 22.3. The number of ether oxygens (including phenoxy) is 2. The quantitative estimate of drug-likeness (QED) is 0.469. The molecule has 0 fully saturated rings. The second-order valence-corrected chi connectivity index (χ2v) is 7.99. The lowest BCUT2D eigenvalue weighted by Crippen LogP contribution is -2.40. The molecule has 1 atom stereocenters. The number of benzene rings is 2. The van der Waals surface area contributed by atoms with Crippen LogP contribution in [0.4, 0.5) is 0 Å². The molecular formula is C21H23NO6S. The lowest BCUT2D eigenvalue weighted by atomic mass is 10.1. The summed E-state index contributed by atoms with van der Waals surface area (Å²) in [5.74, 6) is -1.64. The van der Waals surface area contributed by atoms with Crippen LogP contribution in [0, 0.1) is 0 Å². The van der Waals surface area contributed by atoms with E-state index < -0.39 is 28.0 Å². The van der Waals surface area contributed by atoms with Gasteiger partial charge in [0, 0.05) is 12.2 Å². The summed E-state index contributed by atoms with van der Waals surface area (Å²) >= 11 is 0. The number of hydrogen-bond donors (Lipinski definition) is 1. The molecule has 0 bridgehead atoms. The number of sulfonamides is 1. The van der Waals surface area contributed by atoms with Crippen molar-refractivity contribution in [3.05, 3.63) is 83.9 Å². The number of methoxy groups -OCH3 is 1. The van der Waals surface area contributed by atoms with Crippen molar-refractivity contribution in [3.63, 3.8) is 0 Å². The van der Waals surface area contributed by atoms with Gasteiger partial charge in [-0.3, -0.25) is 0 Å². The Morgan fingerprint density at radius 3 is 2.07 bits per heavy atom. The number of nitrogens with one attached hydrogen (secondary N) is 1. The maximum Gasteiger partial charge on any atom is 0.331 e. The lowest BCUT2D eigenvalue weighted by Gasteiger charge is -2.19. The molecule has 0 amide bonds. The zero-order valence-electron chi connectivity index (χ0n) is 16.0. The van der Waals surface area contributed by atoms with Crippen LogP contribution in [-0.4, -0.2) is 40.1 Å². The Hall–Kier alpha value is -2.97. The Kier molecular flexibility index (Phi) is 8.57. The third-order valence-electron chi connectivity index (χ3n) is 3.85. The molecule has 2 rings (SSSR count). The van der Waals surface area contributed by atoms with Gasteiger partial charge in [0.05, 0.1) is 18.9 Å². The van der Waals surface area contributed by atoms with Crippen LogP contribution in [0.1, 0.15) is 11.1 Å². The summed E-state index contributed by atoms with van der Waals surface area (Å²) in [4.78, 5) is 22.8.